The molecule has 2 aromatic rings. The minimum atomic E-state index is 0.203. The van der Waals surface area contributed by atoms with Gasteiger partial charge >= 0.3 is 0 Å². The summed E-state index contributed by atoms with van der Waals surface area (Å²) in [6.45, 7) is 5.91. The summed E-state index contributed by atoms with van der Waals surface area (Å²) >= 11 is 7.84. The fraction of sp³-hybridized carbons (Fsp3) is 0.333. The fourth-order valence-corrected chi connectivity index (χ4v) is 2.17. The maximum Gasteiger partial charge on any atom is 0.226 e. The van der Waals surface area contributed by atoms with E-state index in [2.05, 4.69) is 9.97 Å². The van der Waals surface area contributed by atoms with Crippen LogP contribution in [0.25, 0.3) is 0 Å². The first-order chi connectivity index (χ1) is 9.51. The van der Waals surface area contributed by atoms with Crippen molar-refractivity contribution in [1.82, 2.24) is 9.97 Å². The molecule has 0 N–H and O–H groups in total. The number of rotatable bonds is 4. The van der Waals surface area contributed by atoms with E-state index in [1.165, 1.54) is 4.90 Å². The summed E-state index contributed by atoms with van der Waals surface area (Å²) in [5.41, 5.74) is 0.755. The Labute approximate surface area is 128 Å². The standard InChI is InChI=1S/C15H17ClN2OS/c1-9(2)14-17-13(16)10(3)15(18-14)19-11-5-7-12(20-4)8-6-11/h5-9H,1-4H3. The minimum Gasteiger partial charge on any atom is -0.439 e. The highest BCUT2D eigenvalue weighted by Gasteiger charge is 2.13. The van der Waals surface area contributed by atoms with Crippen molar-refractivity contribution in [1.29, 1.82) is 0 Å². The van der Waals surface area contributed by atoms with Crippen LogP contribution >= 0.6 is 23.4 Å². The number of aromatic nitrogens is 2. The van der Waals surface area contributed by atoms with Crippen molar-refractivity contribution in [3.63, 3.8) is 0 Å². The first-order valence-electron chi connectivity index (χ1n) is 6.37. The number of thioether (sulfide) groups is 1. The predicted molar refractivity (Wildman–Crippen MR) is 84.2 cm³/mol. The molecule has 0 unspecified atom stereocenters. The summed E-state index contributed by atoms with van der Waals surface area (Å²) in [6.07, 6.45) is 2.04. The predicted octanol–water partition coefficient (Wildman–Crippen LogP) is 5.08. The molecule has 0 bridgehead atoms. The molecular weight excluding hydrogens is 292 g/mol. The van der Waals surface area contributed by atoms with E-state index in [0.717, 1.165) is 11.3 Å². The van der Waals surface area contributed by atoms with Crippen LogP contribution in [0.3, 0.4) is 0 Å². The normalized spacial score (nSPS) is 10.9. The summed E-state index contributed by atoms with van der Waals surface area (Å²) in [7, 11) is 0. The summed E-state index contributed by atoms with van der Waals surface area (Å²) < 4.78 is 5.84. The minimum absolute atomic E-state index is 0.203. The zero-order valence-electron chi connectivity index (χ0n) is 12.0. The second-order valence-electron chi connectivity index (χ2n) is 4.74. The average molecular weight is 309 g/mol. The second-order valence-corrected chi connectivity index (χ2v) is 5.97. The molecule has 0 aliphatic rings. The fourth-order valence-electron chi connectivity index (χ4n) is 1.60. The molecule has 0 fully saturated rings. The van der Waals surface area contributed by atoms with Crippen LogP contribution in [0.4, 0.5) is 0 Å². The van der Waals surface area contributed by atoms with Crippen LogP contribution in [0.2, 0.25) is 5.15 Å². The van der Waals surface area contributed by atoms with Crippen molar-refractivity contribution in [2.75, 3.05) is 6.26 Å². The quantitative estimate of drug-likeness (QED) is 0.583. The van der Waals surface area contributed by atoms with Crippen LogP contribution in [-0.4, -0.2) is 16.2 Å². The number of ether oxygens (including phenoxy) is 1. The molecule has 0 radical (unpaired) electrons. The van der Waals surface area contributed by atoms with Crippen LogP contribution in [0.15, 0.2) is 29.2 Å². The van der Waals surface area contributed by atoms with E-state index in [4.69, 9.17) is 16.3 Å². The first kappa shape index (κ1) is 15.1. The zero-order chi connectivity index (χ0) is 14.7. The van der Waals surface area contributed by atoms with Gasteiger partial charge in [-0.15, -0.1) is 11.8 Å². The van der Waals surface area contributed by atoms with Crippen LogP contribution in [-0.2, 0) is 0 Å². The van der Waals surface area contributed by atoms with Crippen molar-refractivity contribution in [2.24, 2.45) is 0 Å². The van der Waals surface area contributed by atoms with Gasteiger partial charge in [0.15, 0.2) is 0 Å². The van der Waals surface area contributed by atoms with Crippen LogP contribution < -0.4 is 4.74 Å². The van der Waals surface area contributed by atoms with Gasteiger partial charge in [0.2, 0.25) is 5.88 Å². The molecule has 0 amide bonds. The maximum absolute atomic E-state index is 6.14. The lowest BCUT2D eigenvalue weighted by atomic mass is 10.2. The molecule has 0 atom stereocenters. The molecule has 2 rings (SSSR count). The molecule has 0 saturated heterocycles. The van der Waals surface area contributed by atoms with E-state index in [1.807, 2.05) is 51.3 Å². The summed E-state index contributed by atoms with van der Waals surface area (Å²) in [5.74, 6) is 2.16. The molecular formula is C15H17ClN2OS. The number of hydrogen-bond donors (Lipinski definition) is 0. The number of hydrogen-bond acceptors (Lipinski definition) is 4. The van der Waals surface area contributed by atoms with Crippen LogP contribution in [0.5, 0.6) is 11.6 Å². The third kappa shape index (κ3) is 3.44. The molecule has 1 aromatic heterocycles. The molecule has 0 aliphatic carbocycles. The van der Waals surface area contributed by atoms with Gasteiger partial charge in [0.25, 0.3) is 0 Å². The SMILES string of the molecule is CSc1ccc(Oc2nc(C(C)C)nc(Cl)c2C)cc1. The maximum atomic E-state index is 6.14. The Bertz CT molecular complexity index is 600. The Morgan fingerprint density at radius 1 is 1.15 bits per heavy atom. The highest BCUT2D eigenvalue weighted by molar-refractivity contribution is 7.98. The van der Waals surface area contributed by atoms with E-state index in [1.54, 1.807) is 11.8 Å². The van der Waals surface area contributed by atoms with Crippen molar-refractivity contribution in [2.45, 2.75) is 31.6 Å². The Hall–Kier alpha value is -1.26. The van der Waals surface area contributed by atoms with Gasteiger partial charge in [0, 0.05) is 16.4 Å². The average Bonchev–Trinajstić information content (AvgIpc) is 2.44. The Balaban J connectivity index is 2.31. The molecule has 106 valence electrons. The third-order valence-electron chi connectivity index (χ3n) is 2.85. The lowest BCUT2D eigenvalue weighted by Gasteiger charge is -2.12. The zero-order valence-corrected chi connectivity index (χ0v) is 13.5. The highest BCUT2D eigenvalue weighted by atomic mass is 35.5. The highest BCUT2D eigenvalue weighted by Crippen LogP contribution is 2.29. The lowest BCUT2D eigenvalue weighted by Crippen LogP contribution is -2.02. The van der Waals surface area contributed by atoms with Gasteiger partial charge in [-0.1, -0.05) is 25.4 Å². The van der Waals surface area contributed by atoms with E-state index >= 15 is 0 Å². The molecule has 3 nitrogen and oxygen atoms in total. The van der Waals surface area contributed by atoms with Crippen molar-refractivity contribution < 1.29 is 4.74 Å². The van der Waals surface area contributed by atoms with Gasteiger partial charge in [-0.25, -0.2) is 4.98 Å². The monoisotopic (exact) mass is 308 g/mol. The van der Waals surface area contributed by atoms with Crippen LogP contribution in [0, 0.1) is 6.92 Å². The molecule has 20 heavy (non-hydrogen) atoms. The van der Waals surface area contributed by atoms with Gasteiger partial charge in [-0.2, -0.15) is 4.98 Å². The van der Waals surface area contributed by atoms with E-state index < -0.39 is 0 Å². The van der Waals surface area contributed by atoms with Gasteiger partial charge < -0.3 is 4.74 Å². The number of halogens is 1. The van der Waals surface area contributed by atoms with Gasteiger partial charge in [-0.3, -0.25) is 0 Å². The first-order valence-corrected chi connectivity index (χ1v) is 7.97. The van der Waals surface area contributed by atoms with E-state index in [0.29, 0.717) is 16.9 Å². The molecule has 5 heteroatoms. The summed E-state index contributed by atoms with van der Waals surface area (Å²) in [4.78, 5) is 9.91. The Kier molecular flexibility index (Phi) is 4.89. The molecule has 0 spiro atoms. The smallest absolute Gasteiger partial charge is 0.226 e. The summed E-state index contributed by atoms with van der Waals surface area (Å²) in [5, 5.41) is 0.444. The second kappa shape index (κ2) is 6.46. The lowest BCUT2D eigenvalue weighted by molar-refractivity contribution is 0.452. The largest absolute Gasteiger partial charge is 0.439 e. The van der Waals surface area contributed by atoms with E-state index in [-0.39, 0.29) is 5.92 Å². The summed E-state index contributed by atoms with van der Waals surface area (Å²) in [6, 6.07) is 7.88. The molecule has 0 aliphatic heterocycles. The van der Waals surface area contributed by atoms with Gasteiger partial charge in [0.1, 0.15) is 16.7 Å². The van der Waals surface area contributed by atoms with Crippen LogP contribution in [0.1, 0.15) is 31.2 Å². The van der Waals surface area contributed by atoms with Crippen molar-refractivity contribution >= 4 is 23.4 Å². The molecule has 1 heterocycles. The Morgan fingerprint density at radius 3 is 2.35 bits per heavy atom. The third-order valence-corrected chi connectivity index (χ3v) is 3.96. The van der Waals surface area contributed by atoms with Crippen molar-refractivity contribution in [3.05, 3.63) is 40.8 Å². The molecule has 0 saturated carbocycles. The molecule has 1 aromatic carbocycles. The number of benzene rings is 1. The van der Waals surface area contributed by atoms with Gasteiger partial charge in [-0.05, 0) is 37.4 Å². The number of nitrogens with zero attached hydrogens (tertiary/aromatic N) is 2. The van der Waals surface area contributed by atoms with Gasteiger partial charge in [0.05, 0.1) is 0 Å². The topological polar surface area (TPSA) is 35.0 Å². The Morgan fingerprint density at radius 2 is 1.80 bits per heavy atom. The van der Waals surface area contributed by atoms with Crippen molar-refractivity contribution in [3.8, 4) is 11.6 Å². The van der Waals surface area contributed by atoms with E-state index in [9.17, 15) is 0 Å².